The van der Waals surface area contributed by atoms with Gasteiger partial charge in [-0.2, -0.15) is 0 Å². The van der Waals surface area contributed by atoms with Crippen LogP contribution in [0.15, 0.2) is 89.8 Å². The van der Waals surface area contributed by atoms with Gasteiger partial charge in [0.1, 0.15) is 0 Å². The second kappa shape index (κ2) is 12.9. The van der Waals surface area contributed by atoms with Crippen molar-refractivity contribution >= 4 is 40.7 Å². The lowest BCUT2D eigenvalue weighted by Crippen LogP contribution is -2.03. The zero-order valence-electron chi connectivity index (χ0n) is 20.2. The summed E-state index contributed by atoms with van der Waals surface area (Å²) >= 11 is 7.46. The molecular formula is C30H30ClNO2S. The van der Waals surface area contributed by atoms with Crippen LogP contribution in [0.3, 0.4) is 0 Å². The summed E-state index contributed by atoms with van der Waals surface area (Å²) in [6.07, 6.45) is 2.78. The first-order valence-electron chi connectivity index (χ1n) is 11.5. The Labute approximate surface area is 216 Å². The third-order valence-electron chi connectivity index (χ3n) is 5.56. The summed E-state index contributed by atoms with van der Waals surface area (Å²) in [5.74, 6) is -0.900. The molecule has 1 aromatic heterocycles. The fourth-order valence-electron chi connectivity index (χ4n) is 3.49. The lowest BCUT2D eigenvalue weighted by Gasteiger charge is -2.13. The van der Waals surface area contributed by atoms with Gasteiger partial charge in [-0.25, -0.2) is 4.79 Å². The number of nitrogens with one attached hydrogen (secondary N) is 1. The van der Waals surface area contributed by atoms with Crippen molar-refractivity contribution in [3.63, 3.8) is 0 Å². The second-order valence-corrected chi connectivity index (χ2v) is 9.56. The van der Waals surface area contributed by atoms with E-state index in [0.29, 0.717) is 12.1 Å². The number of aliphatic carboxylic acids is 1. The van der Waals surface area contributed by atoms with Crippen molar-refractivity contribution in [1.29, 1.82) is 0 Å². The van der Waals surface area contributed by atoms with E-state index in [1.165, 1.54) is 21.6 Å². The molecule has 0 amide bonds. The third-order valence-corrected chi connectivity index (χ3v) is 6.72. The molecule has 0 aliphatic heterocycles. The van der Waals surface area contributed by atoms with Crippen LogP contribution in [0, 0.1) is 6.92 Å². The Bertz CT molecular complexity index is 1280. The molecule has 2 N–H and O–H groups in total. The highest BCUT2D eigenvalue weighted by molar-refractivity contribution is 7.13. The first-order valence-corrected chi connectivity index (χ1v) is 12.8. The Morgan fingerprint density at radius 1 is 1.00 bits per heavy atom. The maximum absolute atomic E-state index is 11.1. The number of carbonyl (C=O) groups is 1. The van der Waals surface area contributed by atoms with Gasteiger partial charge in [0.25, 0.3) is 0 Å². The summed E-state index contributed by atoms with van der Waals surface area (Å²) in [4.78, 5) is 12.4. The first kappa shape index (κ1) is 26.3. The topological polar surface area (TPSA) is 49.3 Å². The molecule has 35 heavy (non-hydrogen) atoms. The maximum Gasteiger partial charge on any atom is 0.331 e. The number of carboxylic acid groups (broad SMARTS) is 1. The highest BCUT2D eigenvalue weighted by atomic mass is 35.5. The second-order valence-electron chi connectivity index (χ2n) is 8.18. The minimum Gasteiger partial charge on any atom is -0.478 e. The number of hydrogen-bond acceptors (Lipinski definition) is 3. The Morgan fingerprint density at radius 3 is 2.34 bits per heavy atom. The van der Waals surface area contributed by atoms with E-state index < -0.39 is 5.97 Å². The molecule has 5 heteroatoms. The third kappa shape index (κ3) is 7.84. The molecule has 0 aliphatic carbocycles. The average Bonchev–Trinajstić information content (AvgIpc) is 3.40. The zero-order chi connectivity index (χ0) is 25.2. The van der Waals surface area contributed by atoms with Crippen molar-refractivity contribution < 1.29 is 9.90 Å². The van der Waals surface area contributed by atoms with E-state index >= 15 is 0 Å². The van der Waals surface area contributed by atoms with E-state index in [1.54, 1.807) is 24.3 Å². The van der Waals surface area contributed by atoms with Crippen molar-refractivity contribution in [3.8, 4) is 10.4 Å². The molecule has 0 bridgehead atoms. The molecule has 180 valence electrons. The summed E-state index contributed by atoms with van der Waals surface area (Å²) < 4.78 is 0. The predicted molar refractivity (Wildman–Crippen MR) is 150 cm³/mol. The van der Waals surface area contributed by atoms with Crippen molar-refractivity contribution in [2.45, 2.75) is 33.7 Å². The molecule has 1 heterocycles. The van der Waals surface area contributed by atoms with E-state index in [4.69, 9.17) is 16.7 Å². The van der Waals surface area contributed by atoms with Crippen LogP contribution in [0.1, 0.15) is 36.1 Å². The minimum atomic E-state index is -0.900. The molecule has 0 fully saturated rings. The minimum absolute atomic E-state index is 0.322. The fraction of sp³-hybridized carbons (Fsp3) is 0.167. The zero-order valence-corrected chi connectivity index (χ0v) is 21.8. The van der Waals surface area contributed by atoms with Gasteiger partial charge in [0.15, 0.2) is 0 Å². The van der Waals surface area contributed by atoms with Crippen LogP contribution < -0.4 is 5.32 Å². The van der Waals surface area contributed by atoms with E-state index in [-0.39, 0.29) is 0 Å². The summed E-state index contributed by atoms with van der Waals surface area (Å²) in [7, 11) is 0. The monoisotopic (exact) mass is 503 g/mol. The molecule has 0 atom stereocenters. The van der Waals surface area contributed by atoms with Crippen molar-refractivity contribution in [1.82, 2.24) is 0 Å². The molecule has 0 unspecified atom stereocenters. The quantitative estimate of drug-likeness (QED) is 0.248. The number of rotatable bonds is 7. The fourth-order valence-corrected chi connectivity index (χ4v) is 4.43. The Morgan fingerprint density at radius 2 is 1.74 bits per heavy atom. The predicted octanol–water partition coefficient (Wildman–Crippen LogP) is 8.73. The largest absolute Gasteiger partial charge is 0.478 e. The van der Waals surface area contributed by atoms with Gasteiger partial charge in [-0.1, -0.05) is 73.1 Å². The van der Waals surface area contributed by atoms with Gasteiger partial charge < -0.3 is 10.4 Å². The van der Waals surface area contributed by atoms with Crippen molar-refractivity contribution in [2.75, 3.05) is 5.32 Å². The van der Waals surface area contributed by atoms with Crippen LogP contribution in [0.5, 0.6) is 0 Å². The highest BCUT2D eigenvalue weighted by Crippen LogP contribution is 2.26. The van der Waals surface area contributed by atoms with E-state index in [0.717, 1.165) is 28.3 Å². The maximum atomic E-state index is 11.1. The van der Waals surface area contributed by atoms with Crippen molar-refractivity contribution in [2.24, 2.45) is 0 Å². The molecule has 3 nitrogen and oxygen atoms in total. The number of aryl methyl sites for hydroxylation is 2. The summed E-state index contributed by atoms with van der Waals surface area (Å²) in [6.45, 7) is 6.40. The van der Waals surface area contributed by atoms with Crippen LogP contribution >= 0.6 is 22.9 Å². The van der Waals surface area contributed by atoms with Crippen LogP contribution in [-0.2, 0) is 17.8 Å². The highest BCUT2D eigenvalue weighted by Gasteiger charge is 2.07. The molecule has 4 rings (SSSR count). The number of anilines is 1. The lowest BCUT2D eigenvalue weighted by atomic mass is 10.0. The average molecular weight is 504 g/mol. The molecule has 4 aromatic rings. The van der Waals surface area contributed by atoms with Crippen LogP contribution in [-0.4, -0.2) is 11.1 Å². The molecule has 0 radical (unpaired) electrons. The van der Waals surface area contributed by atoms with Gasteiger partial charge in [0, 0.05) is 33.3 Å². The Balaban J connectivity index is 0.000000320. The van der Waals surface area contributed by atoms with Crippen LogP contribution in [0.2, 0.25) is 5.02 Å². The van der Waals surface area contributed by atoms with Gasteiger partial charge in [-0.05, 0) is 78.2 Å². The lowest BCUT2D eigenvalue weighted by molar-refractivity contribution is -0.132. The van der Waals surface area contributed by atoms with Crippen LogP contribution in [0.4, 0.5) is 5.69 Å². The molecule has 3 aromatic carbocycles. The molecule has 0 spiro atoms. The molecule has 0 saturated heterocycles. The standard InChI is InChI=1S/C22H21NO2S.C8H9Cl/c1-15-5-3-6-20(19(15)13-16(2)22(24)25)23-14-17-8-10-18(11-9-17)21-7-4-12-26-21;1-2-7-4-3-5-8(9)6-7/h3-13,23H,14H2,1-2H3,(H,24,25);3-6H,2H2,1H3/b16-13+;. The Hall–Kier alpha value is -3.34. The van der Waals surface area contributed by atoms with E-state index in [9.17, 15) is 4.79 Å². The van der Waals surface area contributed by atoms with E-state index in [2.05, 4.69) is 60.1 Å². The van der Waals surface area contributed by atoms with E-state index in [1.807, 2.05) is 43.3 Å². The number of hydrogen-bond donors (Lipinski definition) is 2. The number of halogens is 1. The van der Waals surface area contributed by atoms with Gasteiger partial charge in [0.2, 0.25) is 0 Å². The van der Waals surface area contributed by atoms with Crippen LogP contribution in [0.25, 0.3) is 16.5 Å². The first-order chi connectivity index (χ1) is 16.9. The molecule has 0 saturated carbocycles. The number of thiophene rings is 1. The van der Waals surface area contributed by atoms with Gasteiger partial charge >= 0.3 is 5.97 Å². The summed E-state index contributed by atoms with van der Waals surface area (Å²) in [5.41, 5.74) is 6.92. The van der Waals surface area contributed by atoms with Gasteiger partial charge in [-0.3, -0.25) is 0 Å². The number of carboxylic acids is 1. The SMILES string of the molecule is C/C(=C\c1c(C)cccc1NCc1ccc(-c2cccs2)cc1)C(=O)O.CCc1cccc(Cl)c1. The molecular weight excluding hydrogens is 474 g/mol. The normalized spacial score (nSPS) is 10.9. The Kier molecular flexibility index (Phi) is 9.71. The van der Waals surface area contributed by atoms with Gasteiger partial charge in [-0.15, -0.1) is 11.3 Å². The smallest absolute Gasteiger partial charge is 0.331 e. The summed E-state index contributed by atoms with van der Waals surface area (Å²) in [5, 5.41) is 15.5. The summed E-state index contributed by atoms with van der Waals surface area (Å²) in [6, 6.07) is 26.6. The molecule has 0 aliphatic rings. The van der Waals surface area contributed by atoms with Gasteiger partial charge in [0.05, 0.1) is 0 Å². The van der Waals surface area contributed by atoms with Crippen molar-refractivity contribution in [3.05, 3.63) is 117 Å². The number of benzene rings is 3.